The van der Waals surface area contributed by atoms with Crippen molar-refractivity contribution < 1.29 is 23.0 Å². The number of hydrogen-bond acceptors (Lipinski definition) is 5. The van der Waals surface area contributed by atoms with Gasteiger partial charge in [0.25, 0.3) is 0 Å². The van der Waals surface area contributed by atoms with Crippen molar-refractivity contribution in [2.45, 2.75) is 26.9 Å². The Hall–Kier alpha value is -2.25. The molecule has 0 fully saturated rings. The van der Waals surface area contributed by atoms with E-state index in [4.69, 9.17) is 9.47 Å². The van der Waals surface area contributed by atoms with Crippen LogP contribution < -0.4 is 13.8 Å². The lowest BCUT2D eigenvalue weighted by molar-refractivity contribution is 0.115. The van der Waals surface area contributed by atoms with Crippen LogP contribution in [0, 0.1) is 20.8 Å². The number of methoxy groups -OCH3 is 1. The molecular weight excluding hydrogens is 366 g/mol. The van der Waals surface area contributed by atoms with Gasteiger partial charge in [0.05, 0.1) is 25.6 Å². The fraction of sp³-hybridized carbons (Fsp3) is 0.400. The molecule has 2 rings (SSSR count). The van der Waals surface area contributed by atoms with Gasteiger partial charge in [0.1, 0.15) is 24.2 Å². The van der Waals surface area contributed by atoms with Gasteiger partial charge in [-0.05, 0) is 44.0 Å². The zero-order chi connectivity index (χ0) is 20.2. The number of aliphatic hydroxyl groups is 1. The predicted molar refractivity (Wildman–Crippen MR) is 107 cm³/mol. The smallest absolute Gasteiger partial charge is 0.232 e. The number of aliphatic hydroxyl groups excluding tert-OH is 1. The summed E-state index contributed by atoms with van der Waals surface area (Å²) in [4.78, 5) is 0. The Morgan fingerprint density at radius 3 is 2.22 bits per heavy atom. The van der Waals surface area contributed by atoms with Crippen LogP contribution in [0.3, 0.4) is 0 Å². The van der Waals surface area contributed by atoms with Crippen molar-refractivity contribution in [1.82, 2.24) is 0 Å². The van der Waals surface area contributed by atoms with E-state index in [1.54, 1.807) is 31.4 Å². The van der Waals surface area contributed by atoms with Crippen molar-refractivity contribution in [3.63, 3.8) is 0 Å². The molecule has 0 aliphatic rings. The maximum Gasteiger partial charge on any atom is 0.232 e. The Morgan fingerprint density at radius 2 is 1.67 bits per heavy atom. The van der Waals surface area contributed by atoms with Crippen LogP contribution in [-0.4, -0.2) is 46.1 Å². The van der Waals surface area contributed by atoms with E-state index in [0.717, 1.165) is 22.9 Å². The van der Waals surface area contributed by atoms with E-state index in [9.17, 15) is 13.5 Å². The molecule has 1 N–H and O–H groups in total. The van der Waals surface area contributed by atoms with Crippen LogP contribution >= 0.6 is 0 Å². The fourth-order valence-electron chi connectivity index (χ4n) is 3.09. The molecule has 148 valence electrons. The Kier molecular flexibility index (Phi) is 6.73. The van der Waals surface area contributed by atoms with Crippen molar-refractivity contribution in [2.75, 3.05) is 30.8 Å². The minimum Gasteiger partial charge on any atom is -0.497 e. The number of ether oxygens (including phenoxy) is 2. The second kappa shape index (κ2) is 8.63. The van der Waals surface area contributed by atoms with E-state index in [0.29, 0.717) is 17.2 Å². The van der Waals surface area contributed by atoms with Gasteiger partial charge >= 0.3 is 0 Å². The maximum absolute atomic E-state index is 12.4. The highest BCUT2D eigenvalue weighted by Crippen LogP contribution is 2.28. The van der Waals surface area contributed by atoms with Gasteiger partial charge in [0.2, 0.25) is 10.0 Å². The van der Waals surface area contributed by atoms with Gasteiger partial charge in [-0.25, -0.2) is 8.42 Å². The third-order valence-electron chi connectivity index (χ3n) is 4.15. The average Bonchev–Trinajstić information content (AvgIpc) is 2.57. The minimum atomic E-state index is -3.57. The van der Waals surface area contributed by atoms with Crippen LogP contribution in [0.15, 0.2) is 36.4 Å². The summed E-state index contributed by atoms with van der Waals surface area (Å²) in [6.07, 6.45) is 0.146. The van der Waals surface area contributed by atoms with Gasteiger partial charge in [-0.2, -0.15) is 0 Å². The third-order valence-corrected chi connectivity index (χ3v) is 5.28. The first kappa shape index (κ1) is 21.1. The summed E-state index contributed by atoms with van der Waals surface area (Å²) in [6, 6.07) is 10.9. The monoisotopic (exact) mass is 393 g/mol. The summed E-state index contributed by atoms with van der Waals surface area (Å²) in [5.41, 5.74) is 3.35. The number of benzene rings is 2. The van der Waals surface area contributed by atoms with Gasteiger partial charge in [-0.3, -0.25) is 4.31 Å². The highest BCUT2D eigenvalue weighted by Gasteiger charge is 2.24. The average molecular weight is 394 g/mol. The summed E-state index contributed by atoms with van der Waals surface area (Å²) in [5.74, 6) is 1.19. The minimum absolute atomic E-state index is 0.0385. The molecule has 2 aromatic rings. The second-order valence-electron chi connectivity index (χ2n) is 6.69. The molecule has 0 aliphatic carbocycles. The van der Waals surface area contributed by atoms with E-state index in [1.807, 2.05) is 32.9 Å². The molecule has 27 heavy (non-hydrogen) atoms. The van der Waals surface area contributed by atoms with Crippen LogP contribution in [-0.2, 0) is 10.0 Å². The maximum atomic E-state index is 12.4. The van der Waals surface area contributed by atoms with Crippen molar-refractivity contribution >= 4 is 15.7 Å². The van der Waals surface area contributed by atoms with Gasteiger partial charge in [-0.15, -0.1) is 0 Å². The third kappa shape index (κ3) is 5.61. The van der Waals surface area contributed by atoms with Gasteiger partial charge in [0, 0.05) is 6.07 Å². The molecule has 0 bridgehead atoms. The number of aryl methyl sites for hydroxylation is 3. The first-order chi connectivity index (χ1) is 12.6. The molecule has 7 heteroatoms. The fourth-order valence-corrected chi connectivity index (χ4v) is 4.15. The van der Waals surface area contributed by atoms with E-state index in [1.165, 1.54) is 4.31 Å². The van der Waals surface area contributed by atoms with E-state index >= 15 is 0 Å². The Balaban J connectivity index is 2.17. The zero-order valence-electron chi connectivity index (χ0n) is 16.4. The van der Waals surface area contributed by atoms with E-state index < -0.39 is 16.1 Å². The number of hydrogen-bond donors (Lipinski definition) is 1. The molecule has 0 saturated carbocycles. The Labute approximate surface area is 161 Å². The molecular formula is C20H27NO5S. The quantitative estimate of drug-likeness (QED) is 0.746. The Bertz CT molecular complexity index is 872. The largest absolute Gasteiger partial charge is 0.497 e. The molecule has 6 nitrogen and oxygen atoms in total. The summed E-state index contributed by atoms with van der Waals surface area (Å²) in [7, 11) is -2.01. The van der Waals surface area contributed by atoms with Crippen molar-refractivity contribution in [2.24, 2.45) is 0 Å². The Morgan fingerprint density at radius 1 is 1.07 bits per heavy atom. The summed E-state index contributed by atoms with van der Waals surface area (Å²) in [6.45, 7) is 5.57. The topological polar surface area (TPSA) is 76.1 Å². The summed E-state index contributed by atoms with van der Waals surface area (Å²) >= 11 is 0. The SMILES string of the molecule is COc1cccc(OCC(O)CN(c2c(C)cc(C)cc2C)S(C)(=O)=O)c1. The molecule has 0 aromatic heterocycles. The van der Waals surface area contributed by atoms with Crippen LogP contribution in [0.5, 0.6) is 11.5 Å². The highest BCUT2D eigenvalue weighted by molar-refractivity contribution is 7.92. The number of anilines is 1. The summed E-state index contributed by atoms with van der Waals surface area (Å²) < 4.78 is 36.7. The normalized spacial score (nSPS) is 12.5. The number of sulfonamides is 1. The van der Waals surface area contributed by atoms with Crippen molar-refractivity contribution in [1.29, 1.82) is 0 Å². The predicted octanol–water partition coefficient (Wildman–Crippen LogP) is 2.83. The van der Waals surface area contributed by atoms with Gasteiger partial charge < -0.3 is 14.6 Å². The molecule has 0 saturated heterocycles. The lowest BCUT2D eigenvalue weighted by atomic mass is 10.0. The number of rotatable bonds is 8. The standard InChI is InChI=1S/C20H27NO5S/c1-14-9-15(2)20(16(3)10-14)21(27(5,23)24)12-17(22)13-26-19-8-6-7-18(11-19)25-4/h6-11,17,22H,12-13H2,1-5H3. The molecule has 1 atom stereocenters. The molecule has 2 aromatic carbocycles. The highest BCUT2D eigenvalue weighted by atomic mass is 32.2. The molecule has 0 radical (unpaired) electrons. The van der Waals surface area contributed by atoms with Gasteiger partial charge in [-0.1, -0.05) is 23.8 Å². The van der Waals surface area contributed by atoms with E-state index in [-0.39, 0.29) is 13.2 Å². The molecule has 0 aliphatic heterocycles. The molecule has 1 unspecified atom stereocenters. The van der Waals surface area contributed by atoms with Gasteiger partial charge in [0.15, 0.2) is 0 Å². The zero-order valence-corrected chi connectivity index (χ0v) is 17.2. The first-order valence-corrected chi connectivity index (χ1v) is 10.5. The molecule has 0 amide bonds. The van der Waals surface area contributed by atoms with Crippen LogP contribution in [0.1, 0.15) is 16.7 Å². The second-order valence-corrected chi connectivity index (χ2v) is 8.59. The van der Waals surface area contributed by atoms with Crippen molar-refractivity contribution in [3.8, 4) is 11.5 Å². The summed E-state index contributed by atoms with van der Waals surface area (Å²) in [5, 5.41) is 10.4. The number of nitrogens with zero attached hydrogens (tertiary/aromatic N) is 1. The molecule has 0 heterocycles. The lowest BCUT2D eigenvalue weighted by Crippen LogP contribution is -2.40. The van der Waals surface area contributed by atoms with Crippen LogP contribution in [0.2, 0.25) is 0 Å². The van der Waals surface area contributed by atoms with Crippen LogP contribution in [0.25, 0.3) is 0 Å². The van der Waals surface area contributed by atoms with Crippen LogP contribution in [0.4, 0.5) is 5.69 Å². The molecule has 0 spiro atoms. The van der Waals surface area contributed by atoms with Crippen molar-refractivity contribution in [3.05, 3.63) is 53.1 Å². The lowest BCUT2D eigenvalue weighted by Gasteiger charge is -2.28. The first-order valence-electron chi connectivity index (χ1n) is 8.62. The van der Waals surface area contributed by atoms with E-state index in [2.05, 4.69) is 0 Å².